The molecule has 4 nitrogen and oxygen atoms in total. The zero-order valence-corrected chi connectivity index (χ0v) is 11.9. The zero-order valence-electron chi connectivity index (χ0n) is 11.1. The molecule has 2 aliphatic heterocycles. The van der Waals surface area contributed by atoms with Crippen molar-refractivity contribution in [2.24, 2.45) is 0 Å². The third-order valence-corrected chi connectivity index (χ3v) is 4.96. The van der Waals surface area contributed by atoms with E-state index in [-0.39, 0.29) is 5.91 Å². The molecule has 1 aromatic rings. The minimum absolute atomic E-state index is 0.0885. The second-order valence-corrected chi connectivity index (χ2v) is 6.56. The summed E-state index contributed by atoms with van der Waals surface area (Å²) in [5.74, 6) is 1.86. The lowest BCUT2D eigenvalue weighted by molar-refractivity contribution is -0.122. The number of benzene rings is 1. The molecule has 19 heavy (non-hydrogen) atoms. The Kier molecular flexibility index (Phi) is 3.31. The summed E-state index contributed by atoms with van der Waals surface area (Å²) in [6.45, 7) is 4.00. The van der Waals surface area contributed by atoms with Crippen LogP contribution in [0.5, 0.6) is 5.75 Å². The van der Waals surface area contributed by atoms with Gasteiger partial charge in [-0.25, -0.2) is 0 Å². The average Bonchev–Trinajstić information content (AvgIpc) is 2.77. The van der Waals surface area contributed by atoms with E-state index in [9.17, 15) is 4.79 Å². The van der Waals surface area contributed by atoms with Crippen molar-refractivity contribution < 1.29 is 9.53 Å². The lowest BCUT2D eigenvalue weighted by Gasteiger charge is -2.25. The maximum Gasteiger partial charge on any atom is 0.265 e. The summed E-state index contributed by atoms with van der Waals surface area (Å²) in [6, 6.07) is 6.38. The predicted octanol–water partition coefficient (Wildman–Crippen LogP) is 2.71. The van der Waals surface area contributed by atoms with Crippen molar-refractivity contribution in [3.63, 3.8) is 0 Å². The Morgan fingerprint density at radius 3 is 3.00 bits per heavy atom. The number of ether oxygens (including phenoxy) is 1. The van der Waals surface area contributed by atoms with E-state index in [2.05, 4.69) is 17.6 Å². The van der Waals surface area contributed by atoms with Crippen LogP contribution in [-0.4, -0.2) is 29.1 Å². The number of amides is 1. The molecule has 0 aliphatic carbocycles. The van der Waals surface area contributed by atoms with Crippen LogP contribution in [0.4, 0.5) is 11.4 Å². The molecule has 1 fully saturated rings. The smallest absolute Gasteiger partial charge is 0.265 e. The Labute approximate surface area is 117 Å². The molecule has 0 bridgehead atoms. The van der Waals surface area contributed by atoms with Crippen molar-refractivity contribution in [1.82, 2.24) is 0 Å². The Balaban J connectivity index is 1.78. The zero-order chi connectivity index (χ0) is 13.4. The van der Waals surface area contributed by atoms with Crippen LogP contribution in [0.15, 0.2) is 18.2 Å². The highest BCUT2D eigenvalue weighted by Gasteiger charge is 2.26. The molecule has 3 atom stereocenters. The minimum atomic E-state index is -0.419. The van der Waals surface area contributed by atoms with E-state index in [1.165, 1.54) is 12.2 Å². The SMILES string of the molecule is CC1Oc2ccc(NC3CCSC3C)cc2NC1=O. The van der Waals surface area contributed by atoms with E-state index in [1.807, 2.05) is 30.0 Å². The third-order valence-electron chi connectivity index (χ3n) is 3.64. The second-order valence-electron chi connectivity index (χ2n) is 5.08. The minimum Gasteiger partial charge on any atom is -0.479 e. The summed E-state index contributed by atoms with van der Waals surface area (Å²) in [7, 11) is 0. The lowest BCUT2D eigenvalue weighted by Crippen LogP contribution is -2.34. The highest BCUT2D eigenvalue weighted by atomic mass is 32.2. The number of nitrogens with one attached hydrogen (secondary N) is 2. The van der Waals surface area contributed by atoms with Crippen LogP contribution in [0, 0.1) is 0 Å². The van der Waals surface area contributed by atoms with Crippen molar-refractivity contribution in [2.45, 2.75) is 37.7 Å². The van der Waals surface area contributed by atoms with Crippen LogP contribution >= 0.6 is 11.8 Å². The highest BCUT2D eigenvalue weighted by molar-refractivity contribution is 8.00. The molecule has 3 unspecified atom stereocenters. The summed E-state index contributed by atoms with van der Waals surface area (Å²) in [5.41, 5.74) is 1.79. The molecule has 2 aliphatic rings. The number of rotatable bonds is 2. The molecule has 1 aromatic carbocycles. The van der Waals surface area contributed by atoms with Gasteiger partial charge in [-0.1, -0.05) is 6.92 Å². The van der Waals surface area contributed by atoms with Crippen LogP contribution in [0.3, 0.4) is 0 Å². The van der Waals surface area contributed by atoms with E-state index in [0.29, 0.717) is 11.3 Å². The number of anilines is 2. The maximum absolute atomic E-state index is 11.6. The van der Waals surface area contributed by atoms with Crippen molar-refractivity contribution in [2.75, 3.05) is 16.4 Å². The van der Waals surface area contributed by atoms with Gasteiger partial charge in [-0.2, -0.15) is 11.8 Å². The lowest BCUT2D eigenvalue weighted by atomic mass is 10.1. The van der Waals surface area contributed by atoms with Crippen molar-refractivity contribution in [3.05, 3.63) is 18.2 Å². The molecule has 0 aromatic heterocycles. The molecule has 1 saturated heterocycles. The van der Waals surface area contributed by atoms with Crippen LogP contribution in [-0.2, 0) is 4.79 Å². The number of carbonyl (C=O) groups excluding carboxylic acids is 1. The number of carbonyl (C=O) groups is 1. The maximum atomic E-state index is 11.6. The van der Waals surface area contributed by atoms with Crippen molar-refractivity contribution in [1.29, 1.82) is 0 Å². The van der Waals surface area contributed by atoms with E-state index in [4.69, 9.17) is 4.74 Å². The molecule has 0 saturated carbocycles. The summed E-state index contributed by atoms with van der Waals surface area (Å²) in [5, 5.41) is 7.04. The van der Waals surface area contributed by atoms with Gasteiger partial charge < -0.3 is 15.4 Å². The van der Waals surface area contributed by atoms with Crippen LogP contribution in [0.1, 0.15) is 20.3 Å². The van der Waals surface area contributed by atoms with Crippen LogP contribution < -0.4 is 15.4 Å². The number of hydrogen-bond donors (Lipinski definition) is 2. The van der Waals surface area contributed by atoms with E-state index in [1.54, 1.807) is 6.92 Å². The first-order valence-electron chi connectivity index (χ1n) is 6.63. The topological polar surface area (TPSA) is 50.4 Å². The van der Waals surface area contributed by atoms with Crippen LogP contribution in [0.2, 0.25) is 0 Å². The molecule has 3 rings (SSSR count). The third kappa shape index (κ3) is 2.52. The number of hydrogen-bond acceptors (Lipinski definition) is 4. The fourth-order valence-corrected chi connectivity index (χ4v) is 3.63. The molecular formula is C14H18N2O2S. The largest absolute Gasteiger partial charge is 0.479 e. The standard InChI is InChI=1S/C14H18N2O2S/c1-8-14(17)16-12-7-10(3-4-13(12)18-8)15-11-5-6-19-9(11)2/h3-4,7-9,11,15H,5-6H2,1-2H3,(H,16,17). The fourth-order valence-electron chi connectivity index (χ4n) is 2.43. The summed E-state index contributed by atoms with van der Waals surface area (Å²) < 4.78 is 5.55. The quantitative estimate of drug-likeness (QED) is 0.873. The molecule has 102 valence electrons. The summed E-state index contributed by atoms with van der Waals surface area (Å²) in [6.07, 6.45) is 0.764. The molecule has 2 heterocycles. The first-order chi connectivity index (χ1) is 9.13. The van der Waals surface area contributed by atoms with Gasteiger partial charge in [0.2, 0.25) is 0 Å². The molecule has 0 radical (unpaired) electrons. The highest BCUT2D eigenvalue weighted by Crippen LogP contribution is 2.34. The Hall–Kier alpha value is -1.36. The number of fused-ring (bicyclic) bond motifs is 1. The monoisotopic (exact) mass is 278 g/mol. The Morgan fingerprint density at radius 1 is 1.42 bits per heavy atom. The first kappa shape index (κ1) is 12.7. The van der Waals surface area contributed by atoms with E-state index >= 15 is 0 Å². The average molecular weight is 278 g/mol. The normalized spacial score (nSPS) is 29.4. The van der Waals surface area contributed by atoms with Crippen molar-refractivity contribution >= 4 is 29.0 Å². The van der Waals surface area contributed by atoms with Gasteiger partial charge in [0.15, 0.2) is 6.10 Å². The molecular weight excluding hydrogens is 260 g/mol. The second kappa shape index (κ2) is 4.96. The number of thioether (sulfide) groups is 1. The van der Waals surface area contributed by atoms with Gasteiger partial charge in [0, 0.05) is 17.0 Å². The molecule has 5 heteroatoms. The van der Waals surface area contributed by atoms with Crippen molar-refractivity contribution in [3.8, 4) is 5.75 Å². The van der Waals surface area contributed by atoms with Gasteiger partial charge in [0.25, 0.3) is 5.91 Å². The van der Waals surface area contributed by atoms with E-state index in [0.717, 1.165) is 17.1 Å². The van der Waals surface area contributed by atoms with Gasteiger partial charge in [-0.15, -0.1) is 0 Å². The van der Waals surface area contributed by atoms with Gasteiger partial charge in [0.1, 0.15) is 5.75 Å². The predicted molar refractivity (Wildman–Crippen MR) is 79.1 cm³/mol. The van der Waals surface area contributed by atoms with Gasteiger partial charge in [-0.3, -0.25) is 4.79 Å². The Bertz CT molecular complexity index is 506. The molecule has 1 amide bonds. The summed E-state index contributed by atoms with van der Waals surface area (Å²) >= 11 is 2.00. The van der Waals surface area contributed by atoms with Gasteiger partial charge >= 0.3 is 0 Å². The summed E-state index contributed by atoms with van der Waals surface area (Å²) in [4.78, 5) is 11.6. The van der Waals surface area contributed by atoms with Gasteiger partial charge in [-0.05, 0) is 37.3 Å². The molecule has 0 spiro atoms. The fraction of sp³-hybridized carbons (Fsp3) is 0.500. The van der Waals surface area contributed by atoms with E-state index < -0.39 is 6.10 Å². The Morgan fingerprint density at radius 2 is 2.26 bits per heavy atom. The first-order valence-corrected chi connectivity index (χ1v) is 7.68. The van der Waals surface area contributed by atoms with Crippen LogP contribution in [0.25, 0.3) is 0 Å². The molecule has 2 N–H and O–H groups in total. The van der Waals surface area contributed by atoms with Gasteiger partial charge in [0.05, 0.1) is 5.69 Å².